The average Bonchev–Trinajstić information content (AvgIpc) is 3.25. The van der Waals surface area contributed by atoms with E-state index in [0.29, 0.717) is 44.6 Å². The van der Waals surface area contributed by atoms with Crippen molar-refractivity contribution < 1.29 is 14.3 Å². The number of anilines is 1. The second-order valence-electron chi connectivity index (χ2n) is 8.12. The monoisotopic (exact) mass is 547 g/mol. The number of amides is 2. The molecule has 0 fully saturated rings. The highest BCUT2D eigenvalue weighted by Gasteiger charge is 2.26. The number of allylic oxidation sites excluding steroid dienone is 1. The van der Waals surface area contributed by atoms with Crippen molar-refractivity contribution in [2.45, 2.75) is 31.6 Å². The Morgan fingerprint density at radius 2 is 1.89 bits per heavy atom. The second-order valence-corrected chi connectivity index (χ2v) is 9.91. The first-order valence-corrected chi connectivity index (χ1v) is 12.8. The van der Waals surface area contributed by atoms with E-state index in [1.807, 2.05) is 18.4 Å². The van der Waals surface area contributed by atoms with E-state index in [1.54, 1.807) is 55.7 Å². The molecule has 0 aliphatic heterocycles. The largest absolute Gasteiger partial charge is 0.497 e. The van der Waals surface area contributed by atoms with E-state index in [0.717, 1.165) is 0 Å². The molecule has 0 spiro atoms. The quantitative estimate of drug-likeness (QED) is 0.238. The van der Waals surface area contributed by atoms with Gasteiger partial charge in [0.2, 0.25) is 5.91 Å². The van der Waals surface area contributed by atoms with Gasteiger partial charge in [-0.2, -0.15) is 0 Å². The Balaban J connectivity index is 1.75. The number of rotatable bonds is 11. The highest BCUT2D eigenvalue weighted by molar-refractivity contribution is 7.99. The van der Waals surface area contributed by atoms with Crippen LogP contribution < -0.4 is 15.4 Å². The predicted octanol–water partition coefficient (Wildman–Crippen LogP) is 5.64. The van der Waals surface area contributed by atoms with Crippen LogP contribution in [0, 0.1) is 5.92 Å². The molecule has 2 aromatic carbocycles. The van der Waals surface area contributed by atoms with E-state index in [2.05, 4.69) is 27.4 Å². The fourth-order valence-electron chi connectivity index (χ4n) is 3.34. The number of thioether (sulfide) groups is 1. The van der Waals surface area contributed by atoms with Crippen molar-refractivity contribution in [3.63, 3.8) is 0 Å². The molecule has 0 bridgehead atoms. The molecule has 190 valence electrons. The van der Waals surface area contributed by atoms with Gasteiger partial charge in [-0.25, -0.2) is 0 Å². The number of hydrogen-bond donors (Lipinski definition) is 2. The lowest BCUT2D eigenvalue weighted by molar-refractivity contribution is -0.113. The zero-order valence-electron chi connectivity index (χ0n) is 20.1. The van der Waals surface area contributed by atoms with Crippen LogP contribution in [0.15, 0.2) is 60.3 Å². The number of aromatic nitrogens is 3. The van der Waals surface area contributed by atoms with Crippen LogP contribution in [0.5, 0.6) is 5.75 Å². The van der Waals surface area contributed by atoms with Gasteiger partial charge in [-0.3, -0.25) is 9.59 Å². The summed E-state index contributed by atoms with van der Waals surface area (Å²) in [5.74, 6) is 0.825. The molecule has 2 N–H and O–H groups in total. The molecule has 8 nitrogen and oxygen atoms in total. The van der Waals surface area contributed by atoms with E-state index >= 15 is 0 Å². The Morgan fingerprint density at radius 3 is 2.53 bits per heavy atom. The molecule has 0 saturated carbocycles. The summed E-state index contributed by atoms with van der Waals surface area (Å²) in [6.45, 7) is 8.21. The highest BCUT2D eigenvalue weighted by atomic mass is 35.5. The Kier molecular flexibility index (Phi) is 9.81. The SMILES string of the molecule is C=CCn1c(SCC(=O)Nc2cc(Cl)ccc2Cl)nnc1[C@H](NC(=O)c1ccc(OC)cc1)C(C)C. The standard InChI is InChI=1S/C25H27Cl2N5O3S/c1-5-12-32-23(22(15(2)3)29-24(34)16-6-9-18(35-4)10-7-16)30-31-25(32)36-14-21(33)28-20-13-17(26)8-11-19(20)27/h5-11,13,15,22H,1,12,14H2,2-4H3,(H,28,33)(H,29,34)/t22-/m1/s1. The van der Waals surface area contributed by atoms with Crippen LogP contribution in [-0.2, 0) is 11.3 Å². The first-order chi connectivity index (χ1) is 17.2. The van der Waals surface area contributed by atoms with Crippen molar-refractivity contribution >= 4 is 52.5 Å². The minimum absolute atomic E-state index is 0.0195. The van der Waals surface area contributed by atoms with Gasteiger partial charge < -0.3 is 19.9 Å². The van der Waals surface area contributed by atoms with Crippen molar-refractivity contribution in [1.82, 2.24) is 20.1 Å². The topological polar surface area (TPSA) is 98.1 Å². The van der Waals surface area contributed by atoms with E-state index in [4.69, 9.17) is 27.9 Å². The maximum Gasteiger partial charge on any atom is 0.251 e. The van der Waals surface area contributed by atoms with Crippen molar-refractivity contribution in [2.75, 3.05) is 18.2 Å². The van der Waals surface area contributed by atoms with Crippen molar-refractivity contribution in [3.05, 3.63) is 76.6 Å². The van der Waals surface area contributed by atoms with Crippen LogP contribution in [0.3, 0.4) is 0 Å². The van der Waals surface area contributed by atoms with Gasteiger partial charge in [0, 0.05) is 17.1 Å². The molecule has 3 rings (SSSR count). The van der Waals surface area contributed by atoms with Crippen molar-refractivity contribution in [1.29, 1.82) is 0 Å². The van der Waals surface area contributed by atoms with Crippen LogP contribution >= 0.6 is 35.0 Å². The van der Waals surface area contributed by atoms with Crippen LogP contribution in [-0.4, -0.2) is 39.4 Å². The molecule has 0 unspecified atom stereocenters. The maximum atomic E-state index is 12.9. The highest BCUT2D eigenvalue weighted by Crippen LogP contribution is 2.28. The van der Waals surface area contributed by atoms with Crippen LogP contribution in [0.1, 0.15) is 36.1 Å². The molecule has 1 atom stereocenters. The summed E-state index contributed by atoms with van der Waals surface area (Å²) in [6.07, 6.45) is 1.71. The third-order valence-electron chi connectivity index (χ3n) is 5.18. The lowest BCUT2D eigenvalue weighted by atomic mass is 10.0. The summed E-state index contributed by atoms with van der Waals surface area (Å²) in [4.78, 5) is 25.5. The second kappa shape index (κ2) is 12.8. The zero-order chi connectivity index (χ0) is 26.2. The Hall–Kier alpha value is -3.01. The van der Waals surface area contributed by atoms with E-state index < -0.39 is 6.04 Å². The number of carbonyl (C=O) groups excluding carboxylic acids is 2. The van der Waals surface area contributed by atoms with Crippen LogP contribution in [0.25, 0.3) is 0 Å². The van der Waals surface area contributed by atoms with Gasteiger partial charge in [0.05, 0.1) is 29.6 Å². The number of nitrogens with zero attached hydrogens (tertiary/aromatic N) is 3. The Bertz CT molecular complexity index is 1230. The average molecular weight is 548 g/mol. The van der Waals surface area contributed by atoms with E-state index in [-0.39, 0.29) is 23.5 Å². The van der Waals surface area contributed by atoms with Gasteiger partial charge in [-0.05, 0) is 48.4 Å². The third kappa shape index (κ3) is 7.02. The fraction of sp³-hybridized carbons (Fsp3) is 0.280. The predicted molar refractivity (Wildman–Crippen MR) is 144 cm³/mol. The van der Waals surface area contributed by atoms with Crippen molar-refractivity contribution in [2.24, 2.45) is 5.92 Å². The Morgan fingerprint density at radius 1 is 1.17 bits per heavy atom. The molecule has 2 amide bonds. The summed E-state index contributed by atoms with van der Waals surface area (Å²) in [6, 6.07) is 11.3. The fourth-order valence-corrected chi connectivity index (χ4v) is 4.44. The molecular weight excluding hydrogens is 521 g/mol. The molecule has 1 aromatic heterocycles. The van der Waals surface area contributed by atoms with Gasteiger partial charge in [0.15, 0.2) is 11.0 Å². The number of benzene rings is 2. The lowest BCUT2D eigenvalue weighted by Gasteiger charge is -2.22. The molecule has 0 aliphatic carbocycles. The van der Waals surface area contributed by atoms with Gasteiger partial charge in [0.25, 0.3) is 5.91 Å². The minimum Gasteiger partial charge on any atom is -0.497 e. The Labute approximate surface area is 224 Å². The molecule has 36 heavy (non-hydrogen) atoms. The van der Waals surface area contributed by atoms with E-state index in [1.165, 1.54) is 11.8 Å². The van der Waals surface area contributed by atoms with Crippen LogP contribution in [0.4, 0.5) is 5.69 Å². The molecule has 0 aliphatic rings. The molecule has 1 heterocycles. The van der Waals surface area contributed by atoms with E-state index in [9.17, 15) is 9.59 Å². The number of nitrogens with one attached hydrogen (secondary N) is 2. The number of hydrogen-bond acceptors (Lipinski definition) is 6. The van der Waals surface area contributed by atoms with Crippen molar-refractivity contribution in [3.8, 4) is 5.75 Å². The summed E-state index contributed by atoms with van der Waals surface area (Å²) in [5, 5.41) is 15.8. The lowest BCUT2D eigenvalue weighted by Crippen LogP contribution is -2.33. The molecule has 0 radical (unpaired) electrons. The maximum absolute atomic E-state index is 12.9. The minimum atomic E-state index is -0.416. The summed E-state index contributed by atoms with van der Waals surface area (Å²) in [7, 11) is 1.57. The van der Waals surface area contributed by atoms with Crippen LogP contribution in [0.2, 0.25) is 10.0 Å². The summed E-state index contributed by atoms with van der Waals surface area (Å²) >= 11 is 13.3. The smallest absolute Gasteiger partial charge is 0.251 e. The molecule has 3 aromatic rings. The first kappa shape index (κ1) is 27.6. The molecule has 0 saturated heterocycles. The summed E-state index contributed by atoms with van der Waals surface area (Å²) in [5.41, 5.74) is 0.936. The zero-order valence-corrected chi connectivity index (χ0v) is 22.5. The van der Waals surface area contributed by atoms with Gasteiger partial charge in [-0.15, -0.1) is 16.8 Å². The molecular formula is C25H27Cl2N5O3S. The number of methoxy groups -OCH3 is 1. The first-order valence-electron chi connectivity index (χ1n) is 11.1. The summed E-state index contributed by atoms with van der Waals surface area (Å²) < 4.78 is 7.00. The van der Waals surface area contributed by atoms with Gasteiger partial charge in [-0.1, -0.05) is 54.9 Å². The third-order valence-corrected chi connectivity index (χ3v) is 6.71. The van der Waals surface area contributed by atoms with Gasteiger partial charge >= 0.3 is 0 Å². The van der Waals surface area contributed by atoms with Gasteiger partial charge in [0.1, 0.15) is 5.75 Å². The normalized spacial score (nSPS) is 11.7. The number of ether oxygens (including phenoxy) is 1. The number of halogens is 2. The number of carbonyl (C=O) groups is 2. The molecule has 11 heteroatoms.